The lowest BCUT2D eigenvalue weighted by Gasteiger charge is -2.23. The second-order valence-corrected chi connectivity index (χ2v) is 6.85. The van der Waals surface area contributed by atoms with Gasteiger partial charge in [-0.1, -0.05) is 37.1 Å². The number of morpholine rings is 1. The Morgan fingerprint density at radius 3 is 2.72 bits per heavy atom. The molecular weight excluding hydrogens is 340 g/mol. The minimum atomic E-state index is -0.574. The summed E-state index contributed by atoms with van der Waals surface area (Å²) >= 11 is 6.01. The van der Waals surface area contributed by atoms with Gasteiger partial charge in [-0.25, -0.2) is 0 Å². The van der Waals surface area contributed by atoms with Gasteiger partial charge in [-0.15, -0.1) is 0 Å². The van der Waals surface area contributed by atoms with Crippen LogP contribution in [-0.4, -0.2) is 30.3 Å². The molecule has 0 unspecified atom stereocenters. The van der Waals surface area contributed by atoms with Gasteiger partial charge in [0.2, 0.25) is 0 Å². The van der Waals surface area contributed by atoms with Crippen LogP contribution in [0.1, 0.15) is 37.9 Å². The average Bonchev–Trinajstić information content (AvgIpc) is 3.24. The van der Waals surface area contributed by atoms with E-state index < -0.39 is 5.91 Å². The largest absolute Gasteiger partial charge is 0.401 e. The zero-order chi connectivity index (χ0) is 18.0. The molecule has 0 aromatic heterocycles. The lowest BCUT2D eigenvalue weighted by molar-refractivity contribution is -0.110. The highest BCUT2D eigenvalue weighted by Crippen LogP contribution is 2.37. The van der Waals surface area contributed by atoms with Crippen LogP contribution < -0.4 is 16.4 Å². The molecule has 0 spiro atoms. The number of anilines is 1. The average molecular weight is 363 g/mol. The van der Waals surface area contributed by atoms with E-state index in [1.54, 1.807) is 0 Å². The van der Waals surface area contributed by atoms with Crippen molar-refractivity contribution in [1.29, 1.82) is 5.41 Å². The summed E-state index contributed by atoms with van der Waals surface area (Å²) in [4.78, 5) is 12.2. The lowest BCUT2D eigenvalue weighted by Crippen LogP contribution is -2.34. The van der Waals surface area contributed by atoms with E-state index in [0.717, 1.165) is 24.9 Å². The summed E-state index contributed by atoms with van der Waals surface area (Å²) in [6.45, 7) is 2.88. The quantitative estimate of drug-likeness (QED) is 0.584. The normalized spacial score (nSPS) is 25.6. The number of halogens is 1. The van der Waals surface area contributed by atoms with Crippen LogP contribution >= 0.6 is 11.6 Å². The van der Waals surface area contributed by atoms with Crippen molar-refractivity contribution in [2.75, 3.05) is 11.9 Å². The maximum atomic E-state index is 12.2. The molecular formula is C18H23ClN4O2. The van der Waals surface area contributed by atoms with Crippen LogP contribution in [0.5, 0.6) is 0 Å². The molecule has 2 aliphatic rings. The highest BCUT2D eigenvalue weighted by atomic mass is 35.5. The second-order valence-electron chi connectivity index (χ2n) is 6.47. The third-order valence-electron chi connectivity index (χ3n) is 4.57. The molecule has 1 aromatic carbocycles. The van der Waals surface area contributed by atoms with Crippen molar-refractivity contribution in [1.82, 2.24) is 5.32 Å². The van der Waals surface area contributed by atoms with Gasteiger partial charge in [-0.05, 0) is 30.5 Å². The predicted octanol–water partition coefficient (Wildman–Crippen LogP) is 2.66. The molecule has 1 aromatic rings. The number of hydrogen-bond acceptors (Lipinski definition) is 5. The number of ether oxygens (including phenoxy) is 1. The molecule has 2 bridgehead atoms. The smallest absolute Gasteiger partial charge is 0.275 e. The Hall–Kier alpha value is -1.89. The van der Waals surface area contributed by atoms with Gasteiger partial charge in [-0.2, -0.15) is 0 Å². The molecule has 134 valence electrons. The van der Waals surface area contributed by atoms with Crippen molar-refractivity contribution in [3.8, 4) is 0 Å². The molecule has 3 rings (SSSR count). The first-order valence-corrected chi connectivity index (χ1v) is 8.90. The fraction of sp³-hybridized carbons (Fsp3) is 0.444. The molecule has 7 heteroatoms. The van der Waals surface area contributed by atoms with E-state index >= 15 is 0 Å². The van der Waals surface area contributed by atoms with Crippen molar-refractivity contribution >= 4 is 28.9 Å². The van der Waals surface area contributed by atoms with E-state index in [0.29, 0.717) is 30.0 Å². The Morgan fingerprint density at radius 1 is 1.44 bits per heavy atom. The number of benzene rings is 1. The number of hydrogen-bond donors (Lipinski definition) is 4. The standard InChI is InChI=1S/C18H23ClN4O2/c1-2-3-13(20)15(19)16(21)18(24)23-11-6-4-10(5-7-11)17-14-8-12(25-17)9-22-14/h4-7,12,14,17,21-22H,2-3,8-9,20H2,1H3,(H,23,24)/t12-,14-,17+/m0/s1. The maximum Gasteiger partial charge on any atom is 0.275 e. The van der Waals surface area contributed by atoms with E-state index in [-0.39, 0.29) is 16.8 Å². The monoisotopic (exact) mass is 362 g/mol. The van der Waals surface area contributed by atoms with Crippen molar-refractivity contribution in [3.05, 3.63) is 40.6 Å². The first-order chi connectivity index (χ1) is 12.0. The van der Waals surface area contributed by atoms with Crippen LogP contribution in [0.3, 0.4) is 0 Å². The van der Waals surface area contributed by atoms with Gasteiger partial charge < -0.3 is 21.1 Å². The third kappa shape index (κ3) is 3.86. The zero-order valence-electron chi connectivity index (χ0n) is 14.1. The van der Waals surface area contributed by atoms with Crippen LogP contribution in [0.4, 0.5) is 5.69 Å². The maximum absolute atomic E-state index is 12.2. The number of carbonyl (C=O) groups is 1. The van der Waals surface area contributed by atoms with Crippen molar-refractivity contribution in [2.24, 2.45) is 5.73 Å². The Bertz CT molecular complexity index is 702. The number of rotatable bonds is 6. The minimum Gasteiger partial charge on any atom is -0.401 e. The fourth-order valence-corrected chi connectivity index (χ4v) is 3.45. The van der Waals surface area contributed by atoms with Crippen LogP contribution in [-0.2, 0) is 9.53 Å². The predicted molar refractivity (Wildman–Crippen MR) is 98.8 cm³/mol. The molecule has 0 radical (unpaired) electrons. The van der Waals surface area contributed by atoms with Crippen LogP contribution in [0.25, 0.3) is 0 Å². The van der Waals surface area contributed by atoms with Gasteiger partial charge in [0, 0.05) is 24.0 Å². The summed E-state index contributed by atoms with van der Waals surface area (Å²) in [7, 11) is 0. The van der Waals surface area contributed by atoms with Crippen molar-refractivity contribution < 1.29 is 9.53 Å². The second kappa shape index (κ2) is 7.56. The number of nitrogens with two attached hydrogens (primary N) is 1. The molecule has 0 saturated carbocycles. The number of allylic oxidation sites excluding steroid dienone is 1. The van der Waals surface area contributed by atoms with Gasteiger partial charge in [0.25, 0.3) is 5.91 Å². The first kappa shape index (κ1) is 17.9. The molecule has 2 heterocycles. The number of amides is 1. The molecule has 2 aliphatic heterocycles. The SMILES string of the molecule is CCCC(N)=C(Cl)C(=N)C(=O)Nc1ccc([C@H]2O[C@@H]3CN[C@H]2C3)cc1. The van der Waals surface area contributed by atoms with E-state index in [1.807, 2.05) is 31.2 Å². The number of nitrogens with one attached hydrogen (secondary N) is 3. The van der Waals surface area contributed by atoms with Gasteiger partial charge in [0.05, 0.1) is 17.2 Å². The van der Waals surface area contributed by atoms with E-state index in [9.17, 15) is 4.79 Å². The summed E-state index contributed by atoms with van der Waals surface area (Å²) in [5, 5.41) is 14.0. The van der Waals surface area contributed by atoms with Crippen molar-refractivity contribution in [2.45, 2.75) is 44.4 Å². The Kier molecular flexibility index (Phi) is 5.42. The fourth-order valence-electron chi connectivity index (χ4n) is 3.27. The summed E-state index contributed by atoms with van der Waals surface area (Å²) in [6, 6.07) is 7.86. The Labute approximate surface area is 152 Å². The topological polar surface area (TPSA) is 100 Å². The highest BCUT2D eigenvalue weighted by Gasteiger charge is 2.41. The number of carbonyl (C=O) groups excluding carboxylic acids is 1. The van der Waals surface area contributed by atoms with Crippen LogP contribution in [0, 0.1) is 5.41 Å². The third-order valence-corrected chi connectivity index (χ3v) is 5.01. The first-order valence-electron chi connectivity index (χ1n) is 8.52. The molecule has 6 nitrogen and oxygen atoms in total. The lowest BCUT2D eigenvalue weighted by atomic mass is 10.0. The molecule has 2 saturated heterocycles. The van der Waals surface area contributed by atoms with Gasteiger partial charge in [0.1, 0.15) is 5.71 Å². The van der Waals surface area contributed by atoms with E-state index in [2.05, 4.69) is 10.6 Å². The molecule has 5 N–H and O–H groups in total. The summed E-state index contributed by atoms with van der Waals surface area (Å²) in [5.74, 6) is -0.574. The molecule has 3 atom stereocenters. The van der Waals surface area contributed by atoms with Crippen molar-refractivity contribution in [3.63, 3.8) is 0 Å². The molecule has 1 amide bonds. The molecule has 0 aliphatic carbocycles. The van der Waals surface area contributed by atoms with Crippen LogP contribution in [0.15, 0.2) is 35.0 Å². The van der Waals surface area contributed by atoms with E-state index in [4.69, 9.17) is 27.5 Å². The Balaban J connectivity index is 1.62. The van der Waals surface area contributed by atoms with Gasteiger partial charge in [-0.3, -0.25) is 10.2 Å². The highest BCUT2D eigenvalue weighted by molar-refractivity contribution is 6.60. The van der Waals surface area contributed by atoms with Gasteiger partial charge in [0.15, 0.2) is 0 Å². The van der Waals surface area contributed by atoms with Crippen LogP contribution in [0.2, 0.25) is 0 Å². The minimum absolute atomic E-state index is 0.0115. The summed E-state index contributed by atoms with van der Waals surface area (Å²) < 4.78 is 5.96. The summed E-state index contributed by atoms with van der Waals surface area (Å²) in [5.41, 5.74) is 7.51. The van der Waals surface area contributed by atoms with E-state index in [1.165, 1.54) is 0 Å². The number of fused-ring (bicyclic) bond motifs is 2. The summed E-state index contributed by atoms with van der Waals surface area (Å²) in [6.07, 6.45) is 2.77. The molecule has 25 heavy (non-hydrogen) atoms. The van der Waals surface area contributed by atoms with Gasteiger partial charge >= 0.3 is 0 Å². The molecule has 2 fully saturated rings. The zero-order valence-corrected chi connectivity index (χ0v) is 14.9. The Morgan fingerprint density at radius 2 is 2.16 bits per heavy atom.